The summed E-state index contributed by atoms with van der Waals surface area (Å²) < 4.78 is 6.39. The summed E-state index contributed by atoms with van der Waals surface area (Å²) in [5.74, 6) is 0.734. The van der Waals surface area contributed by atoms with Crippen LogP contribution in [0.15, 0.2) is 28.3 Å². The van der Waals surface area contributed by atoms with Crippen molar-refractivity contribution in [2.24, 2.45) is 0 Å². The van der Waals surface area contributed by atoms with Crippen LogP contribution in [0.1, 0.15) is 5.56 Å². The summed E-state index contributed by atoms with van der Waals surface area (Å²) in [5.41, 5.74) is 1.33. The number of rotatable bonds is 4. The second-order valence-electron chi connectivity index (χ2n) is 3.56. The molecule has 2 heterocycles. The highest BCUT2D eigenvalue weighted by atomic mass is 32.2. The minimum Gasteiger partial charge on any atom is -0.384 e. The van der Waals surface area contributed by atoms with Crippen LogP contribution < -0.4 is 5.69 Å². The number of aryl methyl sites for hydroxylation is 1. The first-order valence-electron chi connectivity index (χ1n) is 5.19. The molecule has 2 aromatic heterocycles. The van der Waals surface area contributed by atoms with E-state index in [9.17, 15) is 4.79 Å². The van der Waals surface area contributed by atoms with Crippen LogP contribution in [-0.4, -0.2) is 33.8 Å². The monoisotopic (exact) mass is 251 g/mol. The highest BCUT2D eigenvalue weighted by molar-refractivity contribution is 7.99. The van der Waals surface area contributed by atoms with Gasteiger partial charge in [0.1, 0.15) is 5.65 Å². The third-order valence-electron chi connectivity index (χ3n) is 2.20. The van der Waals surface area contributed by atoms with Crippen LogP contribution in [0.25, 0.3) is 5.65 Å². The van der Waals surface area contributed by atoms with Gasteiger partial charge in [-0.1, -0.05) is 17.8 Å². The first-order chi connectivity index (χ1) is 8.20. The first-order valence-corrected chi connectivity index (χ1v) is 6.18. The predicted octanol–water partition coefficient (Wildman–Crippen LogP) is 1.14. The van der Waals surface area contributed by atoms with E-state index < -0.39 is 0 Å². The van der Waals surface area contributed by atoms with Crippen molar-refractivity contribution in [1.29, 1.82) is 0 Å². The lowest BCUT2D eigenvalue weighted by Gasteiger charge is -2.03. The number of pyridine rings is 1. The van der Waals surface area contributed by atoms with E-state index in [1.54, 1.807) is 13.3 Å². The van der Waals surface area contributed by atoms with E-state index in [1.807, 2.05) is 19.1 Å². The summed E-state index contributed by atoms with van der Waals surface area (Å²) in [5, 5.41) is 0.496. The molecule has 2 aromatic rings. The Labute approximate surface area is 103 Å². The highest BCUT2D eigenvalue weighted by Gasteiger charge is 2.04. The van der Waals surface area contributed by atoms with Gasteiger partial charge in [0.15, 0.2) is 5.16 Å². The Kier molecular flexibility index (Phi) is 3.75. The van der Waals surface area contributed by atoms with Gasteiger partial charge < -0.3 is 4.74 Å². The van der Waals surface area contributed by atoms with Gasteiger partial charge >= 0.3 is 5.69 Å². The molecule has 0 N–H and O–H groups in total. The van der Waals surface area contributed by atoms with Crippen LogP contribution in [-0.2, 0) is 4.74 Å². The van der Waals surface area contributed by atoms with E-state index in [0.29, 0.717) is 17.4 Å². The summed E-state index contributed by atoms with van der Waals surface area (Å²) in [7, 11) is 1.64. The van der Waals surface area contributed by atoms with Gasteiger partial charge in [0.05, 0.1) is 6.61 Å². The Hall–Kier alpha value is -1.40. The van der Waals surface area contributed by atoms with Gasteiger partial charge in [0.25, 0.3) is 0 Å². The van der Waals surface area contributed by atoms with Crippen molar-refractivity contribution in [2.45, 2.75) is 12.1 Å². The molecule has 5 nitrogen and oxygen atoms in total. The molecule has 0 radical (unpaired) electrons. The van der Waals surface area contributed by atoms with Crippen molar-refractivity contribution in [3.8, 4) is 0 Å². The Morgan fingerprint density at radius 2 is 2.24 bits per heavy atom. The largest absolute Gasteiger partial charge is 0.384 e. The number of fused-ring (bicyclic) bond motifs is 1. The molecule has 0 spiro atoms. The molecule has 0 aliphatic heterocycles. The van der Waals surface area contributed by atoms with E-state index in [-0.39, 0.29) is 5.69 Å². The average Bonchev–Trinajstić information content (AvgIpc) is 2.31. The fraction of sp³-hybridized carbons (Fsp3) is 0.364. The standard InChI is InChI=1S/C11H13N3O2S/c1-8-3-4-9-12-10(17-6-5-16-2)13-11(15)14(9)7-8/h3-4,7H,5-6H2,1-2H3. The summed E-state index contributed by atoms with van der Waals surface area (Å²) in [4.78, 5) is 20.0. The molecule has 0 atom stereocenters. The van der Waals surface area contributed by atoms with Crippen molar-refractivity contribution >= 4 is 17.4 Å². The van der Waals surface area contributed by atoms with Gasteiger partial charge in [-0.15, -0.1) is 0 Å². The molecular weight excluding hydrogens is 238 g/mol. The number of nitrogens with zero attached hydrogens (tertiary/aromatic N) is 3. The summed E-state index contributed by atoms with van der Waals surface area (Å²) >= 11 is 1.42. The lowest BCUT2D eigenvalue weighted by Crippen LogP contribution is -2.19. The van der Waals surface area contributed by atoms with Gasteiger partial charge in [-0.3, -0.25) is 4.40 Å². The van der Waals surface area contributed by atoms with Crippen LogP contribution in [0, 0.1) is 6.92 Å². The SMILES string of the molecule is COCCSc1nc(=O)n2cc(C)ccc2n1. The number of thioether (sulfide) groups is 1. The zero-order valence-electron chi connectivity index (χ0n) is 9.71. The lowest BCUT2D eigenvalue weighted by atomic mass is 10.3. The Bertz CT molecular complexity index is 582. The molecular formula is C11H13N3O2S. The molecule has 17 heavy (non-hydrogen) atoms. The van der Waals surface area contributed by atoms with Crippen LogP contribution in [0.4, 0.5) is 0 Å². The van der Waals surface area contributed by atoms with Crippen LogP contribution in [0.3, 0.4) is 0 Å². The number of aromatic nitrogens is 3. The maximum absolute atomic E-state index is 11.8. The first kappa shape index (κ1) is 12.1. The third kappa shape index (κ3) is 2.83. The van der Waals surface area contributed by atoms with Crippen molar-refractivity contribution in [3.05, 3.63) is 34.4 Å². The van der Waals surface area contributed by atoms with Crippen molar-refractivity contribution in [3.63, 3.8) is 0 Å². The van der Waals surface area contributed by atoms with Gasteiger partial charge in [-0.2, -0.15) is 4.98 Å². The third-order valence-corrected chi connectivity index (χ3v) is 3.01. The molecule has 6 heteroatoms. The number of ether oxygens (including phenoxy) is 1. The molecule has 0 amide bonds. The Morgan fingerprint density at radius 1 is 1.41 bits per heavy atom. The molecule has 0 unspecified atom stereocenters. The molecule has 0 bridgehead atoms. The minimum absolute atomic E-state index is 0.293. The molecule has 0 aromatic carbocycles. The minimum atomic E-state index is -0.293. The van der Waals surface area contributed by atoms with Crippen molar-refractivity contribution < 1.29 is 4.74 Å². The lowest BCUT2D eigenvalue weighted by molar-refractivity contribution is 0.218. The summed E-state index contributed by atoms with van der Waals surface area (Å²) in [6, 6.07) is 3.74. The fourth-order valence-electron chi connectivity index (χ4n) is 1.38. The van der Waals surface area contributed by atoms with Gasteiger partial charge in [-0.05, 0) is 18.6 Å². The molecule has 0 aliphatic rings. The normalized spacial score (nSPS) is 10.9. The molecule has 0 aliphatic carbocycles. The Morgan fingerprint density at radius 3 is 3.00 bits per heavy atom. The molecule has 2 rings (SSSR count). The smallest absolute Gasteiger partial charge is 0.355 e. The highest BCUT2D eigenvalue weighted by Crippen LogP contribution is 2.11. The molecule has 0 fully saturated rings. The predicted molar refractivity (Wildman–Crippen MR) is 66.6 cm³/mol. The molecule has 0 saturated carbocycles. The fourth-order valence-corrected chi connectivity index (χ4v) is 2.12. The van der Waals surface area contributed by atoms with Gasteiger partial charge in [0.2, 0.25) is 0 Å². The van der Waals surface area contributed by atoms with E-state index in [0.717, 1.165) is 11.3 Å². The Balaban J connectivity index is 2.35. The van der Waals surface area contributed by atoms with Gasteiger partial charge in [0, 0.05) is 19.1 Å². The van der Waals surface area contributed by atoms with Crippen molar-refractivity contribution in [1.82, 2.24) is 14.4 Å². The zero-order valence-corrected chi connectivity index (χ0v) is 10.5. The molecule has 90 valence electrons. The van der Waals surface area contributed by atoms with E-state index in [4.69, 9.17) is 4.74 Å². The number of methoxy groups -OCH3 is 1. The van der Waals surface area contributed by atoms with Crippen molar-refractivity contribution in [2.75, 3.05) is 19.5 Å². The topological polar surface area (TPSA) is 56.5 Å². The van der Waals surface area contributed by atoms with Gasteiger partial charge in [-0.25, -0.2) is 9.78 Å². The maximum atomic E-state index is 11.8. The average molecular weight is 251 g/mol. The number of hydrogen-bond donors (Lipinski definition) is 0. The van der Waals surface area contributed by atoms with Crippen LogP contribution >= 0.6 is 11.8 Å². The second-order valence-corrected chi connectivity index (χ2v) is 4.63. The number of hydrogen-bond acceptors (Lipinski definition) is 5. The van der Waals surface area contributed by atoms with E-state index in [2.05, 4.69) is 9.97 Å². The summed E-state index contributed by atoms with van der Waals surface area (Å²) in [6.45, 7) is 2.54. The van der Waals surface area contributed by atoms with E-state index >= 15 is 0 Å². The summed E-state index contributed by atoms with van der Waals surface area (Å²) in [6.07, 6.45) is 1.74. The molecule has 0 saturated heterocycles. The quantitative estimate of drug-likeness (QED) is 0.602. The van der Waals surface area contributed by atoms with Crippen LogP contribution in [0.2, 0.25) is 0 Å². The maximum Gasteiger partial charge on any atom is 0.355 e. The van der Waals surface area contributed by atoms with Crippen LogP contribution in [0.5, 0.6) is 0 Å². The van der Waals surface area contributed by atoms with E-state index in [1.165, 1.54) is 16.2 Å². The zero-order chi connectivity index (χ0) is 12.3. The second kappa shape index (κ2) is 5.29.